The summed E-state index contributed by atoms with van der Waals surface area (Å²) in [6, 6.07) is 24.1. The van der Waals surface area contributed by atoms with E-state index >= 15 is 0 Å². The Hall–Kier alpha value is -4.04. The minimum Gasteiger partial charge on any atom is -0.493 e. The molecule has 30 heavy (non-hydrogen) atoms. The molecular weight excluding hydrogens is 378 g/mol. The molecule has 0 saturated heterocycles. The fourth-order valence-corrected chi connectivity index (χ4v) is 2.83. The Bertz CT molecular complexity index is 1100. The average Bonchev–Trinajstić information content (AvgIpc) is 2.78. The fraction of sp³-hybridized carbons (Fsp3) is 0.120. The first kappa shape index (κ1) is 20.7. The Balaban J connectivity index is 1.72. The molecule has 0 N–H and O–H groups in total. The monoisotopic (exact) mass is 399 g/mol. The molecule has 0 radical (unpaired) electrons. The average molecular weight is 399 g/mol. The SMILES string of the molecule is COc1cc(C=C(C#N)c2ccccc2)ccc1OC(=O)COc1ccccc1C. The normalized spacial score (nSPS) is 10.8. The molecule has 3 aromatic rings. The maximum absolute atomic E-state index is 12.2. The van der Waals surface area contributed by atoms with Crippen LogP contribution in [0.1, 0.15) is 16.7 Å². The number of benzene rings is 3. The van der Waals surface area contributed by atoms with Gasteiger partial charge in [-0.2, -0.15) is 5.26 Å². The predicted octanol–water partition coefficient (Wildman–Crippen LogP) is 5.05. The van der Waals surface area contributed by atoms with Gasteiger partial charge in [-0.25, -0.2) is 4.79 Å². The lowest BCUT2D eigenvalue weighted by atomic mass is 10.0. The van der Waals surface area contributed by atoms with Crippen molar-refractivity contribution < 1.29 is 19.0 Å². The zero-order valence-corrected chi connectivity index (χ0v) is 16.8. The Morgan fingerprint density at radius 2 is 1.70 bits per heavy atom. The number of para-hydroxylation sites is 1. The van der Waals surface area contributed by atoms with Crippen LogP contribution < -0.4 is 14.2 Å². The standard InChI is InChI=1S/C25H21NO4/c1-18-8-6-7-11-22(18)29-17-25(27)30-23-13-12-19(15-24(23)28-2)14-21(16-26)20-9-4-3-5-10-20/h3-15H,17H2,1-2H3. The van der Waals surface area contributed by atoms with Gasteiger partial charge in [0.05, 0.1) is 18.8 Å². The van der Waals surface area contributed by atoms with Crippen LogP contribution >= 0.6 is 0 Å². The van der Waals surface area contributed by atoms with E-state index in [1.54, 1.807) is 30.3 Å². The summed E-state index contributed by atoms with van der Waals surface area (Å²) in [6.45, 7) is 1.68. The summed E-state index contributed by atoms with van der Waals surface area (Å²) in [4.78, 5) is 12.2. The summed E-state index contributed by atoms with van der Waals surface area (Å²) >= 11 is 0. The van der Waals surface area contributed by atoms with Gasteiger partial charge in [0, 0.05) is 0 Å². The molecule has 0 saturated carbocycles. The van der Waals surface area contributed by atoms with Gasteiger partial charge in [0.25, 0.3) is 0 Å². The topological polar surface area (TPSA) is 68.5 Å². The second kappa shape index (κ2) is 9.94. The van der Waals surface area contributed by atoms with E-state index in [0.717, 1.165) is 16.7 Å². The van der Waals surface area contributed by atoms with E-state index in [-0.39, 0.29) is 12.4 Å². The second-order valence-corrected chi connectivity index (χ2v) is 6.47. The molecule has 0 aromatic heterocycles. The lowest BCUT2D eigenvalue weighted by Crippen LogP contribution is -2.18. The highest BCUT2D eigenvalue weighted by Gasteiger charge is 2.12. The smallest absolute Gasteiger partial charge is 0.349 e. The van der Waals surface area contributed by atoms with Crippen LogP contribution in [0.25, 0.3) is 11.6 Å². The second-order valence-electron chi connectivity index (χ2n) is 6.47. The van der Waals surface area contributed by atoms with Gasteiger partial charge in [-0.3, -0.25) is 0 Å². The number of hydrogen-bond acceptors (Lipinski definition) is 5. The van der Waals surface area contributed by atoms with Gasteiger partial charge in [-0.05, 0) is 47.9 Å². The minimum absolute atomic E-state index is 0.220. The van der Waals surface area contributed by atoms with Crippen molar-refractivity contribution in [2.45, 2.75) is 6.92 Å². The largest absolute Gasteiger partial charge is 0.493 e. The number of esters is 1. The van der Waals surface area contributed by atoms with Crippen LogP contribution in [0.4, 0.5) is 0 Å². The number of methoxy groups -OCH3 is 1. The van der Waals surface area contributed by atoms with Gasteiger partial charge in [0.2, 0.25) is 0 Å². The number of carbonyl (C=O) groups excluding carboxylic acids is 1. The van der Waals surface area contributed by atoms with Gasteiger partial charge in [0.15, 0.2) is 18.1 Å². The van der Waals surface area contributed by atoms with Crippen LogP contribution in [0.3, 0.4) is 0 Å². The molecule has 5 heteroatoms. The predicted molar refractivity (Wildman–Crippen MR) is 115 cm³/mol. The maximum Gasteiger partial charge on any atom is 0.349 e. The molecule has 3 aromatic carbocycles. The molecule has 0 bridgehead atoms. The van der Waals surface area contributed by atoms with Crippen molar-refractivity contribution in [2.75, 3.05) is 13.7 Å². The molecule has 5 nitrogen and oxygen atoms in total. The van der Waals surface area contributed by atoms with Crippen molar-refractivity contribution in [3.63, 3.8) is 0 Å². The number of ether oxygens (including phenoxy) is 3. The summed E-state index contributed by atoms with van der Waals surface area (Å²) in [5.74, 6) is 0.762. The molecule has 0 unspecified atom stereocenters. The Labute approximate surface area is 175 Å². The van der Waals surface area contributed by atoms with E-state index in [1.807, 2.05) is 55.5 Å². The van der Waals surface area contributed by atoms with Crippen molar-refractivity contribution in [3.05, 3.63) is 89.5 Å². The zero-order chi connectivity index (χ0) is 21.3. The molecular formula is C25H21NO4. The van der Waals surface area contributed by atoms with Gasteiger partial charge in [0.1, 0.15) is 5.75 Å². The minimum atomic E-state index is -0.540. The third kappa shape index (κ3) is 5.27. The Morgan fingerprint density at radius 1 is 0.967 bits per heavy atom. The van der Waals surface area contributed by atoms with Gasteiger partial charge >= 0.3 is 5.97 Å². The lowest BCUT2D eigenvalue weighted by Gasteiger charge is -2.11. The summed E-state index contributed by atoms with van der Waals surface area (Å²) in [5.41, 5.74) is 3.03. The van der Waals surface area contributed by atoms with Crippen molar-refractivity contribution in [1.29, 1.82) is 5.26 Å². The lowest BCUT2D eigenvalue weighted by molar-refractivity contribution is -0.136. The molecule has 150 valence electrons. The number of nitriles is 1. The highest BCUT2D eigenvalue weighted by molar-refractivity contribution is 5.89. The third-order valence-corrected chi connectivity index (χ3v) is 4.37. The molecule has 0 amide bonds. The van der Waals surface area contributed by atoms with Crippen LogP contribution in [0.2, 0.25) is 0 Å². The van der Waals surface area contributed by atoms with E-state index < -0.39 is 5.97 Å². The van der Waals surface area contributed by atoms with E-state index in [2.05, 4.69) is 6.07 Å². The number of allylic oxidation sites excluding steroid dienone is 1. The third-order valence-electron chi connectivity index (χ3n) is 4.37. The summed E-state index contributed by atoms with van der Waals surface area (Å²) in [7, 11) is 1.49. The van der Waals surface area contributed by atoms with Crippen LogP contribution in [0, 0.1) is 18.3 Å². The van der Waals surface area contributed by atoms with E-state index in [1.165, 1.54) is 7.11 Å². The van der Waals surface area contributed by atoms with Crippen LogP contribution in [-0.4, -0.2) is 19.7 Å². The molecule has 0 atom stereocenters. The zero-order valence-electron chi connectivity index (χ0n) is 16.8. The molecule has 0 heterocycles. The van der Waals surface area contributed by atoms with Crippen LogP contribution in [0.5, 0.6) is 17.2 Å². The summed E-state index contributed by atoms with van der Waals surface area (Å²) in [6.07, 6.45) is 1.75. The van der Waals surface area contributed by atoms with Crippen molar-refractivity contribution in [2.24, 2.45) is 0 Å². The van der Waals surface area contributed by atoms with Crippen LogP contribution in [0.15, 0.2) is 72.8 Å². The number of aryl methyl sites for hydroxylation is 1. The molecule has 0 aliphatic heterocycles. The molecule has 0 fully saturated rings. The molecule has 0 aliphatic rings. The summed E-state index contributed by atoms with van der Waals surface area (Å²) < 4.78 is 16.3. The fourth-order valence-electron chi connectivity index (χ4n) is 2.83. The van der Waals surface area contributed by atoms with Crippen LogP contribution in [-0.2, 0) is 4.79 Å². The van der Waals surface area contributed by atoms with Gasteiger partial charge in [-0.15, -0.1) is 0 Å². The first-order valence-corrected chi connectivity index (χ1v) is 9.35. The van der Waals surface area contributed by atoms with Crippen molar-refractivity contribution in [3.8, 4) is 23.3 Å². The molecule has 3 rings (SSSR count). The quantitative estimate of drug-likeness (QED) is 0.241. The number of nitrogens with zero attached hydrogens (tertiary/aromatic N) is 1. The molecule has 0 aliphatic carbocycles. The Kier molecular flexibility index (Phi) is 6.86. The number of rotatable bonds is 7. The number of hydrogen-bond donors (Lipinski definition) is 0. The highest BCUT2D eigenvalue weighted by Crippen LogP contribution is 2.30. The maximum atomic E-state index is 12.2. The summed E-state index contributed by atoms with van der Waals surface area (Å²) in [5, 5.41) is 9.48. The first-order chi connectivity index (χ1) is 14.6. The highest BCUT2D eigenvalue weighted by atomic mass is 16.6. The molecule has 0 spiro atoms. The van der Waals surface area contributed by atoms with Crippen molar-refractivity contribution >= 4 is 17.6 Å². The van der Waals surface area contributed by atoms with E-state index in [9.17, 15) is 10.1 Å². The van der Waals surface area contributed by atoms with Gasteiger partial charge < -0.3 is 14.2 Å². The Morgan fingerprint density at radius 3 is 2.40 bits per heavy atom. The van der Waals surface area contributed by atoms with E-state index in [4.69, 9.17) is 14.2 Å². The van der Waals surface area contributed by atoms with Crippen molar-refractivity contribution in [1.82, 2.24) is 0 Å². The number of carbonyl (C=O) groups is 1. The first-order valence-electron chi connectivity index (χ1n) is 9.35. The van der Waals surface area contributed by atoms with E-state index in [0.29, 0.717) is 17.1 Å². The van der Waals surface area contributed by atoms with Gasteiger partial charge in [-0.1, -0.05) is 54.6 Å².